The molecule has 0 aliphatic heterocycles. The summed E-state index contributed by atoms with van der Waals surface area (Å²) in [5.74, 6) is -2.83. The van der Waals surface area contributed by atoms with Crippen LogP contribution in [0.5, 0.6) is 0 Å². The first-order valence-corrected chi connectivity index (χ1v) is 7.55. The number of aromatic nitrogens is 1. The largest absolute Gasteiger partial charge is 0.310 e. The topological polar surface area (TPSA) is 24.9 Å². The Bertz CT molecular complexity index is 601. The molecule has 0 bridgehead atoms. The zero-order chi connectivity index (χ0) is 14.2. The zero-order valence-electron chi connectivity index (χ0n) is 10.8. The Morgan fingerprint density at radius 2 is 2.05 bits per heavy atom. The van der Waals surface area contributed by atoms with Gasteiger partial charge in [0.05, 0.1) is 10.2 Å². The zero-order valence-corrected chi connectivity index (χ0v) is 11.7. The van der Waals surface area contributed by atoms with Gasteiger partial charge in [0.2, 0.25) is 5.92 Å². The Labute approximate surface area is 119 Å². The third-order valence-corrected chi connectivity index (χ3v) is 4.61. The highest BCUT2D eigenvalue weighted by atomic mass is 32.1. The van der Waals surface area contributed by atoms with Crippen LogP contribution in [0.4, 0.5) is 13.2 Å². The van der Waals surface area contributed by atoms with Gasteiger partial charge in [-0.25, -0.2) is 18.2 Å². The maximum Gasteiger partial charge on any atom is 0.248 e. The summed E-state index contributed by atoms with van der Waals surface area (Å²) in [4.78, 5) is 4.01. The van der Waals surface area contributed by atoms with E-state index in [-0.39, 0.29) is 24.7 Å². The summed E-state index contributed by atoms with van der Waals surface area (Å²) < 4.78 is 41.1. The normalized spacial score (nSPS) is 19.6. The fourth-order valence-electron chi connectivity index (χ4n) is 2.57. The van der Waals surface area contributed by atoms with E-state index >= 15 is 0 Å². The van der Waals surface area contributed by atoms with Crippen molar-refractivity contribution in [1.29, 1.82) is 0 Å². The highest BCUT2D eigenvalue weighted by molar-refractivity contribution is 7.16. The molecule has 0 saturated heterocycles. The van der Waals surface area contributed by atoms with E-state index in [4.69, 9.17) is 0 Å². The van der Waals surface area contributed by atoms with Crippen LogP contribution >= 0.6 is 11.3 Å². The minimum absolute atomic E-state index is 0.0418. The maximum absolute atomic E-state index is 14.2. The molecule has 1 N–H and O–H groups in total. The van der Waals surface area contributed by atoms with E-state index in [0.717, 1.165) is 4.70 Å². The SMILES string of the molecule is Fc1c(CNC2CCC(F)(F)CC2)ccc2scnc12. The lowest BCUT2D eigenvalue weighted by atomic mass is 9.92. The standard InChI is InChI=1S/C14H15F3N2S/c15-12-9(1-2-11-13(12)19-8-20-11)7-18-10-3-5-14(16,17)6-4-10/h1-2,8,10,18H,3-7H2. The van der Waals surface area contributed by atoms with Gasteiger partial charge in [-0.2, -0.15) is 0 Å². The number of hydrogen-bond donors (Lipinski definition) is 1. The molecule has 6 heteroatoms. The highest BCUT2D eigenvalue weighted by Crippen LogP contribution is 2.33. The van der Waals surface area contributed by atoms with E-state index in [1.54, 1.807) is 11.6 Å². The van der Waals surface area contributed by atoms with Crippen molar-refractivity contribution in [3.8, 4) is 0 Å². The molecule has 1 aromatic carbocycles. The first kappa shape index (κ1) is 13.8. The lowest BCUT2D eigenvalue weighted by Gasteiger charge is -2.29. The summed E-state index contributed by atoms with van der Waals surface area (Å²) in [7, 11) is 0. The summed E-state index contributed by atoms with van der Waals surface area (Å²) >= 11 is 1.40. The Morgan fingerprint density at radius 3 is 2.80 bits per heavy atom. The van der Waals surface area contributed by atoms with Gasteiger partial charge in [0.25, 0.3) is 0 Å². The summed E-state index contributed by atoms with van der Waals surface area (Å²) in [6.07, 6.45) is 0.706. The van der Waals surface area contributed by atoms with Crippen molar-refractivity contribution in [2.75, 3.05) is 0 Å². The predicted molar refractivity (Wildman–Crippen MR) is 73.6 cm³/mol. The van der Waals surface area contributed by atoms with Gasteiger partial charge < -0.3 is 5.32 Å². The van der Waals surface area contributed by atoms with E-state index in [0.29, 0.717) is 30.5 Å². The second kappa shape index (κ2) is 5.33. The molecule has 1 aliphatic rings. The van der Waals surface area contributed by atoms with Gasteiger partial charge in [-0.15, -0.1) is 11.3 Å². The quantitative estimate of drug-likeness (QED) is 0.923. The molecule has 1 fully saturated rings. The fourth-order valence-corrected chi connectivity index (χ4v) is 3.25. The molecule has 0 amide bonds. The Morgan fingerprint density at radius 1 is 1.30 bits per heavy atom. The van der Waals surface area contributed by atoms with Crippen LogP contribution in [0.3, 0.4) is 0 Å². The average molecular weight is 300 g/mol. The van der Waals surface area contributed by atoms with Crippen LogP contribution in [-0.4, -0.2) is 16.9 Å². The fraction of sp³-hybridized carbons (Fsp3) is 0.500. The van der Waals surface area contributed by atoms with Gasteiger partial charge >= 0.3 is 0 Å². The van der Waals surface area contributed by atoms with Crippen LogP contribution in [0, 0.1) is 5.82 Å². The van der Waals surface area contributed by atoms with Crippen molar-refractivity contribution in [2.24, 2.45) is 0 Å². The molecule has 2 nitrogen and oxygen atoms in total. The number of halogens is 3. The average Bonchev–Trinajstić information content (AvgIpc) is 2.89. The van der Waals surface area contributed by atoms with Crippen molar-refractivity contribution < 1.29 is 13.2 Å². The van der Waals surface area contributed by atoms with Gasteiger partial charge in [0, 0.05) is 31.0 Å². The summed E-state index contributed by atoms with van der Waals surface area (Å²) in [5.41, 5.74) is 2.55. The number of thiazole rings is 1. The number of benzene rings is 1. The van der Waals surface area contributed by atoms with Crippen LogP contribution in [-0.2, 0) is 6.54 Å². The summed E-state index contributed by atoms with van der Waals surface area (Å²) in [5, 5.41) is 3.18. The molecule has 0 atom stereocenters. The van der Waals surface area contributed by atoms with Crippen LogP contribution in [0.2, 0.25) is 0 Å². The molecule has 1 heterocycles. The molecule has 2 aromatic rings. The van der Waals surface area contributed by atoms with E-state index in [1.165, 1.54) is 11.3 Å². The van der Waals surface area contributed by atoms with E-state index in [9.17, 15) is 13.2 Å². The van der Waals surface area contributed by atoms with Gasteiger partial charge in [-0.3, -0.25) is 0 Å². The third-order valence-electron chi connectivity index (χ3n) is 3.82. The number of nitrogens with zero attached hydrogens (tertiary/aromatic N) is 1. The predicted octanol–water partition coefficient (Wildman–Crippen LogP) is 4.10. The second-order valence-corrected chi connectivity index (χ2v) is 6.14. The smallest absolute Gasteiger partial charge is 0.248 e. The molecule has 1 aromatic heterocycles. The van der Waals surface area contributed by atoms with Gasteiger partial charge in [-0.1, -0.05) is 6.07 Å². The lowest BCUT2D eigenvalue weighted by Crippen LogP contribution is -2.36. The molecular formula is C14H15F3N2S. The second-order valence-electron chi connectivity index (χ2n) is 5.25. The molecule has 20 heavy (non-hydrogen) atoms. The Hall–Kier alpha value is -1.14. The third kappa shape index (κ3) is 2.81. The number of rotatable bonds is 3. The molecule has 0 spiro atoms. The van der Waals surface area contributed by atoms with Crippen LogP contribution in [0.15, 0.2) is 17.6 Å². The summed E-state index contributed by atoms with van der Waals surface area (Å²) in [6, 6.07) is 3.63. The monoisotopic (exact) mass is 300 g/mol. The molecule has 108 valence electrons. The number of hydrogen-bond acceptors (Lipinski definition) is 3. The van der Waals surface area contributed by atoms with Gasteiger partial charge in [-0.05, 0) is 18.9 Å². The maximum atomic E-state index is 14.2. The minimum Gasteiger partial charge on any atom is -0.310 e. The first-order valence-electron chi connectivity index (χ1n) is 6.67. The highest BCUT2D eigenvalue weighted by Gasteiger charge is 2.34. The van der Waals surface area contributed by atoms with Crippen molar-refractivity contribution in [1.82, 2.24) is 10.3 Å². The van der Waals surface area contributed by atoms with E-state index in [1.807, 2.05) is 6.07 Å². The van der Waals surface area contributed by atoms with E-state index < -0.39 is 5.92 Å². The van der Waals surface area contributed by atoms with E-state index in [2.05, 4.69) is 10.3 Å². The molecule has 0 unspecified atom stereocenters. The van der Waals surface area contributed by atoms with Crippen molar-refractivity contribution >= 4 is 21.6 Å². The number of fused-ring (bicyclic) bond motifs is 1. The van der Waals surface area contributed by atoms with Crippen molar-refractivity contribution in [3.05, 3.63) is 29.0 Å². The lowest BCUT2D eigenvalue weighted by molar-refractivity contribution is -0.0405. The van der Waals surface area contributed by atoms with Crippen LogP contribution in [0.25, 0.3) is 10.2 Å². The van der Waals surface area contributed by atoms with Crippen molar-refractivity contribution in [3.63, 3.8) is 0 Å². The number of alkyl halides is 2. The summed E-state index contributed by atoms with van der Waals surface area (Å²) in [6.45, 7) is 0.357. The minimum atomic E-state index is -2.52. The van der Waals surface area contributed by atoms with Crippen molar-refractivity contribution in [2.45, 2.75) is 44.2 Å². The Balaban J connectivity index is 1.64. The van der Waals surface area contributed by atoms with Crippen LogP contribution < -0.4 is 5.32 Å². The molecule has 3 rings (SSSR count). The first-order chi connectivity index (χ1) is 9.55. The molecule has 1 aliphatic carbocycles. The van der Waals surface area contributed by atoms with Gasteiger partial charge in [0.1, 0.15) is 5.52 Å². The number of nitrogens with one attached hydrogen (secondary N) is 1. The Kier molecular flexibility index (Phi) is 3.69. The van der Waals surface area contributed by atoms with Gasteiger partial charge in [0.15, 0.2) is 5.82 Å². The molecule has 1 saturated carbocycles. The molecular weight excluding hydrogens is 285 g/mol. The van der Waals surface area contributed by atoms with Crippen LogP contribution in [0.1, 0.15) is 31.2 Å². The molecule has 0 radical (unpaired) electrons.